The van der Waals surface area contributed by atoms with Crippen LogP contribution in [0.25, 0.3) is 0 Å². The third-order valence-electron chi connectivity index (χ3n) is 2.65. The summed E-state index contributed by atoms with van der Waals surface area (Å²) in [5.74, 6) is -0.813. The van der Waals surface area contributed by atoms with Gasteiger partial charge in [0, 0.05) is 24.4 Å². The van der Waals surface area contributed by atoms with E-state index in [2.05, 4.69) is 10.3 Å². The van der Waals surface area contributed by atoms with Crippen LogP contribution < -0.4 is 5.32 Å². The van der Waals surface area contributed by atoms with E-state index >= 15 is 0 Å². The summed E-state index contributed by atoms with van der Waals surface area (Å²) in [5.41, 5.74) is 1.49. The molecule has 0 saturated heterocycles. The normalized spacial score (nSPS) is 14.2. The Bertz CT molecular complexity index is 557. The molecule has 4 heteroatoms. The zero-order valence-electron chi connectivity index (χ0n) is 10.4. The fourth-order valence-electron chi connectivity index (χ4n) is 1.64. The lowest BCUT2D eigenvalue weighted by Gasteiger charge is -2.03. The van der Waals surface area contributed by atoms with Gasteiger partial charge in [-0.3, -0.25) is 19.9 Å². The molecule has 0 aromatic heterocycles. The lowest BCUT2D eigenvalue weighted by Crippen LogP contribution is -2.28. The molecule has 0 unspecified atom stereocenters. The Morgan fingerprint density at radius 3 is 2.68 bits per heavy atom. The Morgan fingerprint density at radius 2 is 2.00 bits per heavy atom. The van der Waals surface area contributed by atoms with E-state index in [1.165, 1.54) is 6.08 Å². The van der Waals surface area contributed by atoms with E-state index in [1.807, 2.05) is 12.1 Å². The van der Waals surface area contributed by atoms with Gasteiger partial charge in [-0.05, 0) is 30.2 Å². The predicted octanol–water partition coefficient (Wildman–Crippen LogP) is 1.90. The maximum absolute atomic E-state index is 11.7. The molecule has 1 N–H and O–H groups in total. The zero-order valence-corrected chi connectivity index (χ0v) is 10.4. The highest BCUT2D eigenvalue weighted by Crippen LogP contribution is 2.06. The summed E-state index contributed by atoms with van der Waals surface area (Å²) in [5, 5.41) is 2.31. The molecule has 4 nitrogen and oxygen atoms in total. The van der Waals surface area contributed by atoms with E-state index in [4.69, 9.17) is 0 Å². The number of carbonyl (C=O) groups excluding carboxylic acids is 2. The first kappa shape index (κ1) is 13.0. The van der Waals surface area contributed by atoms with Gasteiger partial charge in [-0.2, -0.15) is 0 Å². The Hall–Kier alpha value is -2.49. The Labute approximate surface area is 111 Å². The summed E-state index contributed by atoms with van der Waals surface area (Å²) in [6.45, 7) is 0.737. The lowest BCUT2D eigenvalue weighted by atomic mass is 10.1. The van der Waals surface area contributed by atoms with Gasteiger partial charge in [-0.15, -0.1) is 0 Å². The van der Waals surface area contributed by atoms with Crippen molar-refractivity contribution in [2.24, 2.45) is 4.99 Å². The molecular weight excluding hydrogens is 240 g/mol. The van der Waals surface area contributed by atoms with Crippen LogP contribution in [0.2, 0.25) is 0 Å². The van der Waals surface area contributed by atoms with Crippen molar-refractivity contribution < 1.29 is 9.59 Å². The van der Waals surface area contributed by atoms with Gasteiger partial charge in [0.05, 0.1) is 0 Å². The standard InChI is InChI=1S/C15H14N2O2/c18-14(7-6-12-8-10-16-11-9-12)17-15(19)13-4-2-1-3-5-13/h1-8,10H,9,11H2,(H,17,18,19)/b7-6+. The molecule has 1 aromatic rings. The second kappa shape index (κ2) is 6.44. The Morgan fingerprint density at radius 1 is 1.21 bits per heavy atom. The van der Waals surface area contributed by atoms with Crippen LogP contribution in [0.5, 0.6) is 0 Å². The van der Waals surface area contributed by atoms with Crippen LogP contribution in [0.1, 0.15) is 16.8 Å². The zero-order chi connectivity index (χ0) is 13.5. The van der Waals surface area contributed by atoms with Crippen LogP contribution in [0.3, 0.4) is 0 Å². The fourth-order valence-corrected chi connectivity index (χ4v) is 1.64. The number of hydrogen-bond acceptors (Lipinski definition) is 3. The van der Waals surface area contributed by atoms with Crippen molar-refractivity contribution in [1.29, 1.82) is 0 Å². The molecule has 0 saturated carbocycles. The van der Waals surface area contributed by atoms with Crippen LogP contribution in [0.4, 0.5) is 0 Å². The molecule has 0 aliphatic carbocycles. The van der Waals surface area contributed by atoms with Crippen molar-refractivity contribution in [3.8, 4) is 0 Å². The van der Waals surface area contributed by atoms with Crippen molar-refractivity contribution in [2.45, 2.75) is 6.42 Å². The monoisotopic (exact) mass is 254 g/mol. The van der Waals surface area contributed by atoms with Crippen LogP contribution >= 0.6 is 0 Å². The summed E-state index contributed by atoms with van der Waals surface area (Å²) in [7, 11) is 0. The van der Waals surface area contributed by atoms with Crippen LogP contribution in [0, 0.1) is 0 Å². The quantitative estimate of drug-likeness (QED) is 0.837. The van der Waals surface area contributed by atoms with Crippen molar-refractivity contribution in [3.63, 3.8) is 0 Å². The number of benzene rings is 1. The lowest BCUT2D eigenvalue weighted by molar-refractivity contribution is -0.115. The van der Waals surface area contributed by atoms with Gasteiger partial charge in [0.25, 0.3) is 11.8 Å². The molecule has 0 fully saturated rings. The van der Waals surface area contributed by atoms with Crippen molar-refractivity contribution in [2.75, 3.05) is 6.54 Å². The largest absolute Gasteiger partial charge is 0.293 e. The van der Waals surface area contributed by atoms with E-state index in [0.29, 0.717) is 5.56 Å². The van der Waals surface area contributed by atoms with E-state index in [1.54, 1.807) is 36.6 Å². The Kier molecular flexibility index (Phi) is 4.39. The average Bonchev–Trinajstić information content (AvgIpc) is 2.47. The van der Waals surface area contributed by atoms with E-state index < -0.39 is 11.8 Å². The number of nitrogens with zero attached hydrogens (tertiary/aromatic N) is 1. The number of imide groups is 1. The summed E-state index contributed by atoms with van der Waals surface area (Å²) in [4.78, 5) is 27.3. The number of dihydropyridines is 1. The van der Waals surface area contributed by atoms with Gasteiger partial charge in [-0.1, -0.05) is 24.3 Å². The molecule has 19 heavy (non-hydrogen) atoms. The highest BCUT2D eigenvalue weighted by Gasteiger charge is 2.07. The number of allylic oxidation sites excluding steroid dienone is 2. The summed E-state index contributed by atoms with van der Waals surface area (Å²) >= 11 is 0. The van der Waals surface area contributed by atoms with Gasteiger partial charge in [0.15, 0.2) is 0 Å². The van der Waals surface area contributed by atoms with E-state index in [-0.39, 0.29) is 0 Å². The number of aliphatic imine (C=N–C) groups is 1. The smallest absolute Gasteiger partial charge is 0.258 e. The topological polar surface area (TPSA) is 58.5 Å². The number of nitrogens with one attached hydrogen (secondary N) is 1. The van der Waals surface area contributed by atoms with Crippen LogP contribution in [-0.2, 0) is 4.79 Å². The molecule has 2 rings (SSSR count). The number of carbonyl (C=O) groups is 2. The molecule has 96 valence electrons. The highest BCUT2D eigenvalue weighted by atomic mass is 16.2. The van der Waals surface area contributed by atoms with Crippen molar-refractivity contribution in [3.05, 3.63) is 59.7 Å². The fraction of sp³-hybridized carbons (Fsp3) is 0.133. The number of rotatable bonds is 3. The molecular formula is C15H14N2O2. The predicted molar refractivity (Wildman–Crippen MR) is 74.1 cm³/mol. The molecule has 1 aliphatic heterocycles. The minimum atomic E-state index is -0.419. The first-order valence-corrected chi connectivity index (χ1v) is 6.03. The average molecular weight is 254 g/mol. The van der Waals surface area contributed by atoms with Gasteiger partial charge in [-0.25, -0.2) is 0 Å². The number of amides is 2. The maximum Gasteiger partial charge on any atom is 0.258 e. The third kappa shape index (κ3) is 4.03. The molecule has 0 radical (unpaired) electrons. The van der Waals surface area contributed by atoms with Gasteiger partial charge >= 0.3 is 0 Å². The Balaban J connectivity index is 1.91. The van der Waals surface area contributed by atoms with E-state index in [9.17, 15) is 9.59 Å². The van der Waals surface area contributed by atoms with Gasteiger partial charge in [0.1, 0.15) is 0 Å². The van der Waals surface area contributed by atoms with Crippen molar-refractivity contribution in [1.82, 2.24) is 5.32 Å². The van der Waals surface area contributed by atoms with E-state index in [0.717, 1.165) is 18.5 Å². The first-order valence-electron chi connectivity index (χ1n) is 6.03. The van der Waals surface area contributed by atoms with Crippen molar-refractivity contribution >= 4 is 18.0 Å². The third-order valence-corrected chi connectivity index (χ3v) is 2.65. The second-order valence-corrected chi connectivity index (χ2v) is 4.06. The minimum Gasteiger partial charge on any atom is -0.293 e. The minimum absolute atomic E-state index is 0.394. The number of hydrogen-bond donors (Lipinski definition) is 1. The van der Waals surface area contributed by atoms with Gasteiger partial charge in [0.2, 0.25) is 0 Å². The van der Waals surface area contributed by atoms with Crippen LogP contribution in [-0.4, -0.2) is 24.6 Å². The maximum atomic E-state index is 11.7. The first-order chi connectivity index (χ1) is 9.25. The molecule has 0 bridgehead atoms. The summed E-state index contributed by atoms with van der Waals surface area (Å²) in [6, 6.07) is 8.64. The SMILES string of the molecule is O=C(/C=C/C1=CC=NCC1)NC(=O)c1ccccc1. The molecule has 1 heterocycles. The second-order valence-electron chi connectivity index (χ2n) is 4.06. The molecule has 1 aromatic carbocycles. The summed E-state index contributed by atoms with van der Waals surface area (Å²) in [6.07, 6.45) is 7.46. The highest BCUT2D eigenvalue weighted by molar-refractivity contribution is 6.08. The molecule has 2 amide bonds. The van der Waals surface area contributed by atoms with Crippen LogP contribution in [0.15, 0.2) is 59.1 Å². The molecule has 1 aliphatic rings. The van der Waals surface area contributed by atoms with Gasteiger partial charge < -0.3 is 0 Å². The molecule has 0 spiro atoms. The summed E-state index contributed by atoms with van der Waals surface area (Å²) < 4.78 is 0. The molecule has 0 atom stereocenters.